The van der Waals surface area contributed by atoms with Gasteiger partial charge in [0.05, 0.1) is 11.9 Å². The maximum atomic E-state index is 10.8. The first-order valence-corrected chi connectivity index (χ1v) is 8.24. The summed E-state index contributed by atoms with van der Waals surface area (Å²) in [6.07, 6.45) is 1.67. The molecule has 3 rings (SSSR count). The Kier molecular flexibility index (Phi) is 5.10. The van der Waals surface area contributed by atoms with E-state index in [2.05, 4.69) is 15.5 Å². The summed E-state index contributed by atoms with van der Waals surface area (Å²) in [5.41, 5.74) is 4.67. The van der Waals surface area contributed by atoms with E-state index in [0.717, 1.165) is 16.4 Å². The van der Waals surface area contributed by atoms with Crippen molar-refractivity contribution in [1.82, 2.24) is 4.98 Å². The topological polar surface area (TPSA) is 97.0 Å². The van der Waals surface area contributed by atoms with Crippen molar-refractivity contribution in [2.75, 3.05) is 5.43 Å². The van der Waals surface area contributed by atoms with Crippen LogP contribution in [0.4, 0.5) is 5.13 Å². The number of carbonyl (C=O) groups is 1. The largest absolute Gasteiger partial charge is 0.486 e. The fourth-order valence-electron chi connectivity index (χ4n) is 1.98. The highest BCUT2D eigenvalue weighted by atomic mass is 32.1. The third-order valence-corrected chi connectivity index (χ3v) is 3.97. The van der Waals surface area contributed by atoms with Crippen LogP contribution in [0.5, 0.6) is 5.75 Å². The number of benzene rings is 1. The van der Waals surface area contributed by atoms with E-state index in [0.29, 0.717) is 11.5 Å². The molecule has 7 nitrogen and oxygen atoms in total. The number of anilines is 1. The Hall–Kier alpha value is -3.13. The predicted molar refractivity (Wildman–Crippen MR) is 94.5 cm³/mol. The molecule has 2 aromatic heterocycles. The molecule has 0 aliphatic carbocycles. The number of rotatable bonds is 7. The van der Waals surface area contributed by atoms with Gasteiger partial charge in [-0.05, 0) is 36.8 Å². The van der Waals surface area contributed by atoms with Crippen LogP contribution in [0.2, 0.25) is 0 Å². The monoisotopic (exact) mass is 357 g/mol. The molecule has 0 aliphatic rings. The maximum Gasteiger partial charge on any atom is 0.371 e. The van der Waals surface area contributed by atoms with E-state index in [4.69, 9.17) is 14.3 Å². The SMILES string of the molecule is Cc1csc(NN=Cc2cccc(OCc3ccc(C(=O)O)o3)c2)n1. The van der Waals surface area contributed by atoms with Crippen molar-refractivity contribution in [3.63, 3.8) is 0 Å². The zero-order valence-electron chi connectivity index (χ0n) is 13.3. The Morgan fingerprint density at radius 2 is 2.32 bits per heavy atom. The van der Waals surface area contributed by atoms with Gasteiger partial charge in [-0.2, -0.15) is 5.10 Å². The molecular weight excluding hydrogens is 342 g/mol. The van der Waals surface area contributed by atoms with Crippen molar-refractivity contribution < 1.29 is 19.1 Å². The van der Waals surface area contributed by atoms with Gasteiger partial charge in [0.15, 0.2) is 0 Å². The molecule has 2 heterocycles. The molecule has 2 N–H and O–H groups in total. The lowest BCUT2D eigenvalue weighted by molar-refractivity contribution is 0.0658. The smallest absolute Gasteiger partial charge is 0.371 e. The molecule has 0 fully saturated rings. The fraction of sp³-hybridized carbons (Fsp3) is 0.118. The van der Waals surface area contributed by atoms with Gasteiger partial charge >= 0.3 is 5.97 Å². The van der Waals surface area contributed by atoms with E-state index in [-0.39, 0.29) is 12.4 Å². The van der Waals surface area contributed by atoms with Crippen molar-refractivity contribution in [3.05, 3.63) is 64.6 Å². The third-order valence-electron chi connectivity index (χ3n) is 3.10. The highest BCUT2D eigenvalue weighted by molar-refractivity contribution is 7.13. The number of carboxylic acids is 1. The van der Waals surface area contributed by atoms with Crippen LogP contribution < -0.4 is 10.2 Å². The molecule has 0 radical (unpaired) electrons. The molecule has 1 aromatic carbocycles. The number of ether oxygens (including phenoxy) is 1. The number of aryl methyl sites for hydroxylation is 1. The van der Waals surface area contributed by atoms with Crippen LogP contribution >= 0.6 is 11.3 Å². The van der Waals surface area contributed by atoms with E-state index in [1.807, 2.05) is 30.5 Å². The molecule has 8 heteroatoms. The van der Waals surface area contributed by atoms with Gasteiger partial charge in [-0.15, -0.1) is 11.3 Å². The van der Waals surface area contributed by atoms with Crippen LogP contribution in [-0.4, -0.2) is 22.3 Å². The fourth-order valence-corrected chi connectivity index (χ4v) is 2.61. The van der Waals surface area contributed by atoms with Crippen molar-refractivity contribution >= 4 is 28.7 Å². The Balaban J connectivity index is 1.57. The normalized spacial score (nSPS) is 10.9. The molecule has 0 amide bonds. The summed E-state index contributed by atoms with van der Waals surface area (Å²) in [4.78, 5) is 15.0. The molecular formula is C17H15N3O4S. The van der Waals surface area contributed by atoms with Crippen LogP contribution in [0.25, 0.3) is 0 Å². The zero-order valence-corrected chi connectivity index (χ0v) is 14.1. The van der Waals surface area contributed by atoms with Gasteiger partial charge in [-0.3, -0.25) is 5.43 Å². The average Bonchev–Trinajstić information content (AvgIpc) is 3.23. The van der Waals surface area contributed by atoms with Crippen LogP contribution in [0.15, 0.2) is 51.3 Å². The Labute approximate surface area is 147 Å². The van der Waals surface area contributed by atoms with E-state index >= 15 is 0 Å². The Bertz CT molecular complexity index is 901. The van der Waals surface area contributed by atoms with E-state index in [1.165, 1.54) is 17.4 Å². The number of hydrogen-bond donors (Lipinski definition) is 2. The summed E-state index contributed by atoms with van der Waals surface area (Å²) in [7, 11) is 0. The minimum absolute atomic E-state index is 0.108. The standard InChI is InChI=1S/C17H15N3O4S/c1-11-10-25-17(19-11)20-18-8-12-3-2-4-13(7-12)23-9-14-5-6-15(24-14)16(21)22/h2-8,10H,9H2,1H3,(H,19,20)(H,21,22). The van der Waals surface area contributed by atoms with Crippen molar-refractivity contribution in [2.24, 2.45) is 5.10 Å². The summed E-state index contributed by atoms with van der Waals surface area (Å²) in [6.45, 7) is 2.06. The zero-order chi connectivity index (χ0) is 17.6. The lowest BCUT2D eigenvalue weighted by atomic mass is 10.2. The number of carboxylic acid groups (broad SMARTS) is 1. The third kappa shape index (κ3) is 4.67. The molecule has 3 aromatic rings. The van der Waals surface area contributed by atoms with Crippen molar-refractivity contribution in [1.29, 1.82) is 0 Å². The maximum absolute atomic E-state index is 10.8. The minimum Gasteiger partial charge on any atom is -0.486 e. The summed E-state index contributed by atoms with van der Waals surface area (Å²) in [5.74, 6) is -0.144. The molecule has 0 saturated carbocycles. The summed E-state index contributed by atoms with van der Waals surface area (Å²) >= 11 is 1.48. The van der Waals surface area contributed by atoms with Crippen molar-refractivity contribution in [2.45, 2.75) is 13.5 Å². The van der Waals surface area contributed by atoms with Gasteiger partial charge < -0.3 is 14.3 Å². The van der Waals surface area contributed by atoms with Crippen LogP contribution in [0, 0.1) is 6.92 Å². The second-order valence-corrected chi connectivity index (χ2v) is 5.95. The number of nitrogens with zero attached hydrogens (tertiary/aromatic N) is 2. The molecule has 25 heavy (non-hydrogen) atoms. The highest BCUT2D eigenvalue weighted by Crippen LogP contribution is 2.17. The van der Waals surface area contributed by atoms with Gasteiger partial charge in [-0.1, -0.05) is 12.1 Å². The quantitative estimate of drug-likeness (QED) is 0.493. The second-order valence-electron chi connectivity index (χ2n) is 5.10. The lowest BCUT2D eigenvalue weighted by Crippen LogP contribution is -1.96. The summed E-state index contributed by atoms with van der Waals surface area (Å²) in [6, 6.07) is 10.3. The number of thiazole rings is 1. The number of hydrogen-bond acceptors (Lipinski definition) is 7. The number of furan rings is 1. The van der Waals surface area contributed by atoms with Gasteiger partial charge in [0.2, 0.25) is 10.9 Å². The first-order chi connectivity index (χ1) is 12.1. The molecule has 0 aliphatic heterocycles. The first-order valence-electron chi connectivity index (χ1n) is 7.36. The van der Waals surface area contributed by atoms with Gasteiger partial charge in [0.1, 0.15) is 18.1 Å². The van der Waals surface area contributed by atoms with Gasteiger partial charge in [-0.25, -0.2) is 9.78 Å². The Morgan fingerprint density at radius 1 is 1.44 bits per heavy atom. The molecule has 0 saturated heterocycles. The van der Waals surface area contributed by atoms with Gasteiger partial charge in [0, 0.05) is 5.38 Å². The van der Waals surface area contributed by atoms with E-state index < -0.39 is 5.97 Å². The van der Waals surface area contributed by atoms with E-state index in [1.54, 1.807) is 18.3 Å². The molecule has 0 atom stereocenters. The van der Waals surface area contributed by atoms with E-state index in [9.17, 15) is 4.79 Å². The summed E-state index contributed by atoms with van der Waals surface area (Å²) in [5, 5.41) is 15.6. The number of hydrazone groups is 1. The molecule has 128 valence electrons. The van der Waals surface area contributed by atoms with Crippen LogP contribution in [-0.2, 0) is 6.61 Å². The van der Waals surface area contributed by atoms with Gasteiger partial charge in [0.25, 0.3) is 0 Å². The van der Waals surface area contributed by atoms with Crippen LogP contribution in [0.1, 0.15) is 27.6 Å². The second kappa shape index (κ2) is 7.63. The molecule has 0 unspecified atom stereocenters. The minimum atomic E-state index is -1.10. The summed E-state index contributed by atoms with van der Waals surface area (Å²) < 4.78 is 10.8. The van der Waals surface area contributed by atoms with Crippen LogP contribution in [0.3, 0.4) is 0 Å². The lowest BCUT2D eigenvalue weighted by Gasteiger charge is -2.04. The Morgan fingerprint density at radius 3 is 3.04 bits per heavy atom. The average molecular weight is 357 g/mol. The molecule has 0 spiro atoms. The molecule has 0 bridgehead atoms. The number of aromatic carboxylic acids is 1. The van der Waals surface area contributed by atoms with Crippen molar-refractivity contribution in [3.8, 4) is 5.75 Å². The predicted octanol–water partition coefficient (Wildman–Crippen LogP) is 3.77. The first kappa shape index (κ1) is 16.7. The highest BCUT2D eigenvalue weighted by Gasteiger charge is 2.09. The number of nitrogens with one attached hydrogen (secondary N) is 1. The number of aromatic nitrogens is 1.